The van der Waals surface area contributed by atoms with Crippen LogP contribution in [-0.2, 0) is 17.8 Å². The lowest BCUT2D eigenvalue weighted by atomic mass is 10.2. The highest BCUT2D eigenvalue weighted by molar-refractivity contribution is 5.86. The van der Waals surface area contributed by atoms with Crippen LogP contribution in [0.5, 0.6) is 0 Å². The zero-order valence-corrected chi connectivity index (χ0v) is 11.3. The van der Waals surface area contributed by atoms with Crippen LogP contribution >= 0.6 is 0 Å². The Morgan fingerprint density at radius 2 is 2.19 bits per heavy atom. The number of nitrogens with one attached hydrogen (secondary N) is 2. The van der Waals surface area contributed by atoms with Gasteiger partial charge in [0.25, 0.3) is 5.91 Å². The highest BCUT2D eigenvalue weighted by Crippen LogP contribution is 2.06. The van der Waals surface area contributed by atoms with Gasteiger partial charge in [-0.1, -0.05) is 18.2 Å². The molecule has 1 amide bonds. The van der Waals surface area contributed by atoms with Crippen molar-refractivity contribution in [2.24, 2.45) is 0 Å². The number of pyridine rings is 1. The first-order chi connectivity index (χ1) is 10.1. The van der Waals surface area contributed by atoms with Gasteiger partial charge < -0.3 is 5.11 Å². The predicted octanol–water partition coefficient (Wildman–Crippen LogP) is 0.0770. The van der Waals surface area contributed by atoms with Crippen molar-refractivity contribution in [1.29, 1.82) is 0 Å². The summed E-state index contributed by atoms with van der Waals surface area (Å²) in [5, 5.41) is 16.2. The summed E-state index contributed by atoms with van der Waals surface area (Å²) in [5.74, 6) is -1.06. The van der Waals surface area contributed by atoms with Gasteiger partial charge in [-0.2, -0.15) is 0 Å². The van der Waals surface area contributed by atoms with Gasteiger partial charge in [0.05, 0.1) is 5.69 Å². The number of anilines is 1. The van der Waals surface area contributed by atoms with E-state index in [0.717, 1.165) is 0 Å². The Hall–Kier alpha value is -2.97. The van der Waals surface area contributed by atoms with E-state index in [-0.39, 0.29) is 12.2 Å². The van der Waals surface area contributed by atoms with Crippen LogP contribution in [0.3, 0.4) is 0 Å². The Morgan fingerprint density at radius 1 is 1.38 bits per heavy atom. The maximum absolute atomic E-state index is 11.8. The van der Waals surface area contributed by atoms with Crippen molar-refractivity contribution in [2.45, 2.75) is 19.9 Å². The molecule has 9 heteroatoms. The van der Waals surface area contributed by atoms with Gasteiger partial charge in [0.1, 0.15) is 12.4 Å². The quantitative estimate of drug-likeness (QED) is 0.644. The summed E-state index contributed by atoms with van der Waals surface area (Å²) in [6.07, 6.45) is 2.00. The number of hydrogen-bond donors (Lipinski definition) is 3. The molecule has 0 spiro atoms. The molecule has 0 saturated heterocycles. The van der Waals surface area contributed by atoms with Crippen molar-refractivity contribution in [3.63, 3.8) is 0 Å². The minimum Gasteiger partial charge on any atom is -0.476 e. The van der Waals surface area contributed by atoms with E-state index in [1.807, 2.05) is 0 Å². The third-order valence-electron chi connectivity index (χ3n) is 2.66. The van der Waals surface area contributed by atoms with Crippen LogP contribution in [0, 0.1) is 0 Å². The molecule has 0 unspecified atom stereocenters. The standard InChI is InChI=1S/C12H14N6O3/c1-2-8-11(12(20)21)16-17-18(8)7-10(19)15-14-9-5-3-4-6-13-9/h3-6H,2,7H2,1H3,(H,13,14)(H,15,19)(H,20,21). The van der Waals surface area contributed by atoms with E-state index in [2.05, 4.69) is 26.1 Å². The fourth-order valence-corrected chi connectivity index (χ4v) is 1.72. The van der Waals surface area contributed by atoms with Gasteiger partial charge in [-0.3, -0.25) is 15.6 Å². The minimum absolute atomic E-state index is 0.136. The van der Waals surface area contributed by atoms with E-state index >= 15 is 0 Å². The molecule has 0 atom stereocenters. The van der Waals surface area contributed by atoms with Crippen molar-refractivity contribution >= 4 is 17.7 Å². The summed E-state index contributed by atoms with van der Waals surface area (Å²) in [6.45, 7) is 1.63. The zero-order valence-electron chi connectivity index (χ0n) is 11.3. The molecule has 0 saturated carbocycles. The molecule has 2 heterocycles. The average Bonchev–Trinajstić information content (AvgIpc) is 2.89. The van der Waals surface area contributed by atoms with Crippen LogP contribution in [0.1, 0.15) is 23.1 Å². The lowest BCUT2D eigenvalue weighted by molar-refractivity contribution is -0.121. The number of carboxylic acids is 1. The largest absolute Gasteiger partial charge is 0.476 e. The van der Waals surface area contributed by atoms with Crippen LogP contribution in [0.2, 0.25) is 0 Å². The molecule has 0 aliphatic heterocycles. The Bertz CT molecular complexity index is 640. The van der Waals surface area contributed by atoms with Crippen LogP contribution in [-0.4, -0.2) is 37.0 Å². The number of carbonyl (C=O) groups is 2. The summed E-state index contributed by atoms with van der Waals surface area (Å²) in [7, 11) is 0. The molecule has 3 N–H and O–H groups in total. The molecular weight excluding hydrogens is 276 g/mol. The van der Waals surface area contributed by atoms with Gasteiger partial charge in [0.15, 0.2) is 5.69 Å². The number of carbonyl (C=O) groups excluding carboxylic acids is 1. The molecular formula is C12H14N6O3. The lowest BCUT2D eigenvalue weighted by Crippen LogP contribution is -2.33. The van der Waals surface area contributed by atoms with E-state index in [9.17, 15) is 9.59 Å². The molecule has 0 aliphatic rings. The van der Waals surface area contributed by atoms with Crippen molar-refractivity contribution in [1.82, 2.24) is 25.4 Å². The van der Waals surface area contributed by atoms with Gasteiger partial charge in [-0.15, -0.1) is 5.10 Å². The summed E-state index contributed by atoms with van der Waals surface area (Å²) in [5.41, 5.74) is 5.36. The van der Waals surface area contributed by atoms with E-state index < -0.39 is 11.9 Å². The second kappa shape index (κ2) is 6.46. The molecule has 21 heavy (non-hydrogen) atoms. The maximum atomic E-state index is 11.8. The molecule has 0 fully saturated rings. The fourth-order valence-electron chi connectivity index (χ4n) is 1.72. The number of carboxylic acid groups (broad SMARTS) is 1. The van der Waals surface area contributed by atoms with E-state index in [4.69, 9.17) is 5.11 Å². The maximum Gasteiger partial charge on any atom is 0.358 e. The highest BCUT2D eigenvalue weighted by atomic mass is 16.4. The van der Waals surface area contributed by atoms with Gasteiger partial charge in [-0.25, -0.2) is 14.5 Å². The lowest BCUT2D eigenvalue weighted by Gasteiger charge is -2.08. The third kappa shape index (κ3) is 3.53. The monoisotopic (exact) mass is 290 g/mol. The summed E-state index contributed by atoms with van der Waals surface area (Å²) in [6, 6.07) is 5.21. The summed E-state index contributed by atoms with van der Waals surface area (Å²) < 4.78 is 1.26. The number of aromatic carboxylic acids is 1. The van der Waals surface area contributed by atoms with Gasteiger partial charge in [-0.05, 0) is 18.6 Å². The Morgan fingerprint density at radius 3 is 2.81 bits per heavy atom. The Kier molecular flexibility index (Phi) is 4.44. The van der Waals surface area contributed by atoms with Crippen molar-refractivity contribution in [3.05, 3.63) is 35.8 Å². The van der Waals surface area contributed by atoms with E-state index in [1.165, 1.54) is 4.68 Å². The number of rotatable bonds is 6. The van der Waals surface area contributed by atoms with Crippen LogP contribution in [0.4, 0.5) is 5.82 Å². The molecule has 110 valence electrons. The zero-order chi connectivity index (χ0) is 15.2. The Labute approximate surface area is 120 Å². The number of nitrogens with zero attached hydrogens (tertiary/aromatic N) is 4. The first kappa shape index (κ1) is 14.4. The first-order valence-electron chi connectivity index (χ1n) is 6.23. The minimum atomic E-state index is -1.16. The second-order valence-corrected chi connectivity index (χ2v) is 4.09. The summed E-state index contributed by atoms with van der Waals surface area (Å²) in [4.78, 5) is 26.7. The van der Waals surface area contributed by atoms with E-state index in [0.29, 0.717) is 17.9 Å². The highest BCUT2D eigenvalue weighted by Gasteiger charge is 2.18. The van der Waals surface area contributed by atoms with Gasteiger partial charge in [0.2, 0.25) is 0 Å². The van der Waals surface area contributed by atoms with Crippen LogP contribution in [0.15, 0.2) is 24.4 Å². The molecule has 0 bridgehead atoms. The second-order valence-electron chi connectivity index (χ2n) is 4.09. The fraction of sp³-hybridized carbons (Fsp3) is 0.250. The molecule has 0 aliphatic carbocycles. The molecule has 0 aromatic carbocycles. The Balaban J connectivity index is 1.98. The number of hydrazine groups is 1. The smallest absolute Gasteiger partial charge is 0.358 e. The normalized spacial score (nSPS) is 10.1. The number of hydrogen-bond acceptors (Lipinski definition) is 6. The predicted molar refractivity (Wildman–Crippen MR) is 72.4 cm³/mol. The first-order valence-corrected chi connectivity index (χ1v) is 6.23. The molecule has 2 aromatic rings. The number of aromatic nitrogens is 4. The average molecular weight is 290 g/mol. The van der Waals surface area contributed by atoms with Gasteiger partial charge in [0, 0.05) is 6.20 Å². The van der Waals surface area contributed by atoms with Crippen LogP contribution in [0.25, 0.3) is 0 Å². The van der Waals surface area contributed by atoms with Crippen molar-refractivity contribution < 1.29 is 14.7 Å². The third-order valence-corrected chi connectivity index (χ3v) is 2.66. The molecule has 2 aromatic heterocycles. The SMILES string of the molecule is CCc1c(C(=O)O)nnn1CC(=O)NNc1ccccn1. The van der Waals surface area contributed by atoms with Gasteiger partial charge >= 0.3 is 5.97 Å². The van der Waals surface area contributed by atoms with Crippen molar-refractivity contribution in [3.8, 4) is 0 Å². The number of amides is 1. The molecule has 9 nitrogen and oxygen atoms in total. The molecule has 2 rings (SSSR count). The topological polar surface area (TPSA) is 122 Å². The van der Waals surface area contributed by atoms with Crippen molar-refractivity contribution in [2.75, 3.05) is 5.43 Å². The molecule has 0 radical (unpaired) electrons. The van der Waals surface area contributed by atoms with E-state index in [1.54, 1.807) is 31.3 Å². The van der Waals surface area contributed by atoms with Crippen LogP contribution < -0.4 is 10.9 Å². The summed E-state index contributed by atoms with van der Waals surface area (Å²) >= 11 is 0.